The Kier molecular flexibility index (Phi) is 7.06. The van der Waals surface area contributed by atoms with Crippen molar-refractivity contribution in [1.82, 2.24) is 10.2 Å². The number of carbonyl (C=O) groups excluding carboxylic acids is 1. The van der Waals surface area contributed by atoms with Crippen molar-refractivity contribution in [2.24, 2.45) is 5.92 Å². The summed E-state index contributed by atoms with van der Waals surface area (Å²) < 4.78 is 5.33. The molecule has 0 unspecified atom stereocenters. The van der Waals surface area contributed by atoms with Crippen LogP contribution in [0.3, 0.4) is 0 Å². The van der Waals surface area contributed by atoms with Gasteiger partial charge in [0.2, 0.25) is 5.91 Å². The highest BCUT2D eigenvalue weighted by atomic mass is 16.5. The number of benzene rings is 1. The highest BCUT2D eigenvalue weighted by Crippen LogP contribution is 2.17. The molecule has 1 amide bonds. The van der Waals surface area contributed by atoms with Gasteiger partial charge in [-0.1, -0.05) is 38.1 Å². The van der Waals surface area contributed by atoms with E-state index in [2.05, 4.69) is 48.3 Å². The van der Waals surface area contributed by atoms with Crippen LogP contribution in [0.15, 0.2) is 24.3 Å². The smallest absolute Gasteiger partial charge is 0.227 e. The second kappa shape index (κ2) is 9.04. The molecular formula is C19H30N2O2. The summed E-state index contributed by atoms with van der Waals surface area (Å²) >= 11 is 0. The van der Waals surface area contributed by atoms with Crippen molar-refractivity contribution in [2.45, 2.75) is 33.1 Å². The number of hydrogen-bond donors (Lipinski definition) is 1. The maximum Gasteiger partial charge on any atom is 0.227 e. The molecule has 23 heavy (non-hydrogen) atoms. The predicted molar refractivity (Wildman–Crippen MR) is 93.7 cm³/mol. The summed E-state index contributed by atoms with van der Waals surface area (Å²) in [7, 11) is 0. The first-order valence-corrected chi connectivity index (χ1v) is 8.73. The molecule has 1 heterocycles. The van der Waals surface area contributed by atoms with E-state index in [9.17, 15) is 4.79 Å². The molecule has 0 radical (unpaired) electrons. The third-order valence-corrected chi connectivity index (χ3v) is 4.35. The maximum absolute atomic E-state index is 12.3. The van der Waals surface area contributed by atoms with Crippen LogP contribution >= 0.6 is 0 Å². The molecule has 0 spiro atoms. The third kappa shape index (κ3) is 5.96. The van der Waals surface area contributed by atoms with Crippen molar-refractivity contribution < 1.29 is 9.53 Å². The van der Waals surface area contributed by atoms with Gasteiger partial charge in [0.15, 0.2) is 0 Å². The van der Waals surface area contributed by atoms with Crippen LogP contribution in [0.2, 0.25) is 0 Å². The zero-order valence-corrected chi connectivity index (χ0v) is 14.7. The Morgan fingerprint density at radius 2 is 1.83 bits per heavy atom. The SMILES string of the molecule is CC(C)Cc1ccc([C@@H](C)C(=O)NCCN2CCOCC2)cc1. The van der Waals surface area contributed by atoms with Crippen LogP contribution in [0.25, 0.3) is 0 Å². The number of morpholine rings is 1. The first-order chi connectivity index (χ1) is 11.1. The fourth-order valence-electron chi connectivity index (χ4n) is 2.88. The van der Waals surface area contributed by atoms with Gasteiger partial charge in [-0.3, -0.25) is 9.69 Å². The molecule has 1 aliphatic rings. The molecule has 1 fully saturated rings. The Morgan fingerprint density at radius 1 is 1.17 bits per heavy atom. The minimum atomic E-state index is -0.104. The molecule has 0 bridgehead atoms. The molecule has 4 nitrogen and oxygen atoms in total. The molecule has 1 saturated heterocycles. The molecule has 0 aliphatic carbocycles. The number of amides is 1. The van der Waals surface area contributed by atoms with Crippen molar-refractivity contribution >= 4 is 5.91 Å². The minimum absolute atomic E-state index is 0.104. The van der Waals surface area contributed by atoms with Gasteiger partial charge >= 0.3 is 0 Å². The van der Waals surface area contributed by atoms with E-state index >= 15 is 0 Å². The zero-order valence-electron chi connectivity index (χ0n) is 14.7. The average Bonchev–Trinajstić information content (AvgIpc) is 2.55. The van der Waals surface area contributed by atoms with Gasteiger partial charge in [0, 0.05) is 26.2 Å². The normalized spacial score (nSPS) is 17.2. The van der Waals surface area contributed by atoms with E-state index in [0.717, 1.165) is 44.8 Å². The summed E-state index contributed by atoms with van der Waals surface area (Å²) in [6.07, 6.45) is 1.08. The lowest BCUT2D eigenvalue weighted by molar-refractivity contribution is -0.122. The second-order valence-corrected chi connectivity index (χ2v) is 6.81. The van der Waals surface area contributed by atoms with Crippen molar-refractivity contribution in [2.75, 3.05) is 39.4 Å². The quantitative estimate of drug-likeness (QED) is 0.839. The van der Waals surface area contributed by atoms with E-state index in [1.807, 2.05) is 6.92 Å². The first-order valence-electron chi connectivity index (χ1n) is 8.73. The number of carbonyl (C=O) groups is 1. The fourth-order valence-corrected chi connectivity index (χ4v) is 2.88. The first kappa shape index (κ1) is 18.0. The van der Waals surface area contributed by atoms with Crippen LogP contribution in [0.1, 0.15) is 37.8 Å². The van der Waals surface area contributed by atoms with Crippen molar-refractivity contribution in [1.29, 1.82) is 0 Å². The van der Waals surface area contributed by atoms with Crippen LogP contribution in [0.5, 0.6) is 0 Å². The summed E-state index contributed by atoms with van der Waals surface area (Å²) in [6, 6.07) is 8.47. The number of ether oxygens (including phenoxy) is 1. The van der Waals surface area contributed by atoms with Gasteiger partial charge in [0.1, 0.15) is 0 Å². The molecule has 4 heteroatoms. The van der Waals surface area contributed by atoms with Gasteiger partial charge in [-0.15, -0.1) is 0 Å². The topological polar surface area (TPSA) is 41.6 Å². The van der Waals surface area contributed by atoms with Crippen LogP contribution < -0.4 is 5.32 Å². The van der Waals surface area contributed by atoms with Crippen molar-refractivity contribution in [3.8, 4) is 0 Å². The Hall–Kier alpha value is -1.39. The number of rotatable bonds is 7. The maximum atomic E-state index is 12.3. The molecule has 0 aromatic heterocycles. The number of hydrogen-bond acceptors (Lipinski definition) is 3. The Morgan fingerprint density at radius 3 is 2.43 bits per heavy atom. The third-order valence-electron chi connectivity index (χ3n) is 4.35. The minimum Gasteiger partial charge on any atom is -0.379 e. The number of nitrogens with zero attached hydrogens (tertiary/aromatic N) is 1. The van der Waals surface area contributed by atoms with E-state index in [1.54, 1.807) is 0 Å². The van der Waals surface area contributed by atoms with Gasteiger partial charge in [-0.25, -0.2) is 0 Å². The van der Waals surface area contributed by atoms with Crippen LogP contribution in [0, 0.1) is 5.92 Å². The predicted octanol–water partition coefficient (Wildman–Crippen LogP) is 2.44. The molecule has 1 aliphatic heterocycles. The van der Waals surface area contributed by atoms with Crippen molar-refractivity contribution in [3.05, 3.63) is 35.4 Å². The lowest BCUT2D eigenvalue weighted by Crippen LogP contribution is -2.42. The second-order valence-electron chi connectivity index (χ2n) is 6.81. The molecule has 1 atom stereocenters. The molecule has 2 rings (SSSR count). The van der Waals surface area contributed by atoms with Crippen LogP contribution in [-0.4, -0.2) is 50.2 Å². The van der Waals surface area contributed by atoms with E-state index in [-0.39, 0.29) is 11.8 Å². The molecule has 1 aromatic carbocycles. The Balaban J connectivity index is 1.77. The van der Waals surface area contributed by atoms with Gasteiger partial charge in [-0.05, 0) is 30.4 Å². The van der Waals surface area contributed by atoms with E-state index in [0.29, 0.717) is 12.5 Å². The summed E-state index contributed by atoms with van der Waals surface area (Å²) in [4.78, 5) is 14.6. The van der Waals surface area contributed by atoms with Gasteiger partial charge in [0.05, 0.1) is 19.1 Å². The monoisotopic (exact) mass is 318 g/mol. The van der Waals surface area contributed by atoms with E-state index < -0.39 is 0 Å². The molecule has 1 aromatic rings. The number of nitrogens with one attached hydrogen (secondary N) is 1. The Bertz CT molecular complexity index is 479. The summed E-state index contributed by atoms with van der Waals surface area (Å²) in [5.41, 5.74) is 2.42. The fraction of sp³-hybridized carbons (Fsp3) is 0.632. The molecular weight excluding hydrogens is 288 g/mol. The highest BCUT2D eigenvalue weighted by molar-refractivity contribution is 5.83. The zero-order chi connectivity index (χ0) is 16.7. The highest BCUT2D eigenvalue weighted by Gasteiger charge is 2.16. The summed E-state index contributed by atoms with van der Waals surface area (Å²) in [5.74, 6) is 0.657. The standard InChI is InChI=1S/C19H30N2O2/c1-15(2)14-17-4-6-18(7-5-17)16(3)19(22)20-8-9-21-10-12-23-13-11-21/h4-7,15-16H,8-14H2,1-3H3,(H,20,22)/t16-/m1/s1. The van der Waals surface area contributed by atoms with Crippen molar-refractivity contribution in [3.63, 3.8) is 0 Å². The molecule has 1 N–H and O–H groups in total. The van der Waals surface area contributed by atoms with Crippen LogP contribution in [0.4, 0.5) is 0 Å². The van der Waals surface area contributed by atoms with Gasteiger partial charge in [-0.2, -0.15) is 0 Å². The van der Waals surface area contributed by atoms with E-state index in [4.69, 9.17) is 4.74 Å². The average molecular weight is 318 g/mol. The van der Waals surface area contributed by atoms with Gasteiger partial charge < -0.3 is 10.1 Å². The lowest BCUT2D eigenvalue weighted by Gasteiger charge is -2.26. The lowest BCUT2D eigenvalue weighted by atomic mass is 9.96. The van der Waals surface area contributed by atoms with Gasteiger partial charge in [0.25, 0.3) is 0 Å². The Labute approximate surface area is 140 Å². The van der Waals surface area contributed by atoms with E-state index in [1.165, 1.54) is 5.56 Å². The summed E-state index contributed by atoms with van der Waals surface area (Å²) in [6.45, 7) is 11.5. The van der Waals surface area contributed by atoms with Crippen LogP contribution in [-0.2, 0) is 16.0 Å². The molecule has 128 valence electrons. The summed E-state index contributed by atoms with van der Waals surface area (Å²) in [5, 5.41) is 3.05. The molecule has 0 saturated carbocycles. The largest absolute Gasteiger partial charge is 0.379 e.